The molecule has 0 aliphatic heterocycles. The molecular weight excluding hydrogens is 435 g/mol. The Kier molecular flexibility index (Phi) is 8.33. The smallest absolute Gasteiger partial charge is 0.271 e. The minimum atomic E-state index is -0.293. The Hall–Kier alpha value is -3.02. The second kappa shape index (κ2) is 11.4. The first kappa shape index (κ1) is 22.7. The van der Waals surface area contributed by atoms with E-state index >= 15 is 0 Å². The number of ether oxygens (including phenoxy) is 2. The van der Waals surface area contributed by atoms with Gasteiger partial charge in [-0.15, -0.1) is 0 Å². The molecule has 7 heteroatoms. The number of nitrogens with zero attached hydrogens (tertiary/aromatic N) is 1. The van der Waals surface area contributed by atoms with Gasteiger partial charge in [0, 0.05) is 21.2 Å². The third-order valence-corrected chi connectivity index (χ3v) is 4.85. The zero-order valence-electron chi connectivity index (χ0n) is 17.0. The average Bonchev–Trinajstić information content (AvgIpc) is 2.78. The lowest BCUT2D eigenvalue weighted by Crippen LogP contribution is -2.17. The van der Waals surface area contributed by atoms with Crippen LogP contribution in [0.1, 0.15) is 34.8 Å². The first-order valence-corrected chi connectivity index (χ1v) is 10.5. The predicted molar refractivity (Wildman–Crippen MR) is 125 cm³/mol. The van der Waals surface area contributed by atoms with Gasteiger partial charge in [0.15, 0.2) is 0 Å². The monoisotopic (exact) mass is 456 g/mol. The number of hydrogen-bond donors (Lipinski definition) is 1. The number of hydrogen-bond acceptors (Lipinski definition) is 4. The van der Waals surface area contributed by atoms with Gasteiger partial charge in [-0.25, -0.2) is 5.43 Å². The van der Waals surface area contributed by atoms with E-state index in [9.17, 15) is 4.79 Å². The number of halogens is 2. The topological polar surface area (TPSA) is 59.9 Å². The second-order valence-electron chi connectivity index (χ2n) is 6.67. The lowest BCUT2D eigenvalue weighted by Gasteiger charge is -2.08. The van der Waals surface area contributed by atoms with E-state index in [2.05, 4.69) is 10.5 Å². The molecule has 0 fully saturated rings. The molecule has 0 aliphatic carbocycles. The van der Waals surface area contributed by atoms with Crippen LogP contribution < -0.4 is 14.9 Å². The summed E-state index contributed by atoms with van der Waals surface area (Å²) in [6.45, 7) is 3.02. The second-order valence-corrected chi connectivity index (χ2v) is 7.51. The van der Waals surface area contributed by atoms with E-state index in [1.165, 1.54) is 0 Å². The molecular formula is C24H22Cl2N2O3. The summed E-state index contributed by atoms with van der Waals surface area (Å²) in [6, 6.07) is 19.6. The molecule has 160 valence electrons. The predicted octanol–water partition coefficient (Wildman–Crippen LogP) is 6.13. The van der Waals surface area contributed by atoms with E-state index in [0.717, 1.165) is 23.3 Å². The standard InChI is InChI=1S/C24H22Cl2N2O3/c1-2-13-30-21-11-6-18(7-12-21)24(29)28-27-15-17-3-9-22(10-4-17)31-16-19-5-8-20(25)14-23(19)26/h3-12,14-15H,2,13,16H2,1H3,(H,28,29)/b27-15+. The zero-order valence-corrected chi connectivity index (χ0v) is 18.5. The van der Waals surface area contributed by atoms with E-state index < -0.39 is 0 Å². The molecule has 0 unspecified atom stereocenters. The summed E-state index contributed by atoms with van der Waals surface area (Å²) in [5.74, 6) is 1.14. The van der Waals surface area contributed by atoms with Crippen molar-refractivity contribution in [2.45, 2.75) is 20.0 Å². The SMILES string of the molecule is CCCOc1ccc(C(=O)N/N=C/c2ccc(OCc3ccc(Cl)cc3Cl)cc2)cc1. The largest absolute Gasteiger partial charge is 0.494 e. The molecule has 3 aromatic carbocycles. The number of hydrazone groups is 1. The van der Waals surface area contributed by atoms with Crippen LogP contribution >= 0.6 is 23.2 Å². The van der Waals surface area contributed by atoms with Crippen LogP contribution in [0.3, 0.4) is 0 Å². The molecule has 0 bridgehead atoms. The highest BCUT2D eigenvalue weighted by Crippen LogP contribution is 2.22. The number of rotatable bonds is 9. The fraction of sp³-hybridized carbons (Fsp3) is 0.167. The van der Waals surface area contributed by atoms with Crippen molar-refractivity contribution >= 4 is 35.3 Å². The van der Waals surface area contributed by atoms with Crippen LogP contribution in [0.5, 0.6) is 11.5 Å². The Labute approximate surface area is 191 Å². The summed E-state index contributed by atoms with van der Waals surface area (Å²) >= 11 is 12.1. The Morgan fingerprint density at radius 3 is 2.32 bits per heavy atom. The first-order valence-electron chi connectivity index (χ1n) is 9.78. The third-order valence-electron chi connectivity index (χ3n) is 4.26. The van der Waals surface area contributed by atoms with Crippen LogP contribution in [0, 0.1) is 0 Å². The average molecular weight is 457 g/mol. The molecule has 1 amide bonds. The maximum Gasteiger partial charge on any atom is 0.271 e. The molecule has 0 aromatic heterocycles. The Morgan fingerprint density at radius 2 is 1.65 bits per heavy atom. The molecule has 1 N–H and O–H groups in total. The van der Waals surface area contributed by atoms with E-state index in [1.54, 1.807) is 42.6 Å². The van der Waals surface area contributed by atoms with Gasteiger partial charge in [-0.2, -0.15) is 5.10 Å². The summed E-state index contributed by atoms with van der Waals surface area (Å²) in [4.78, 5) is 12.2. The summed E-state index contributed by atoms with van der Waals surface area (Å²) in [7, 11) is 0. The van der Waals surface area contributed by atoms with Crippen molar-refractivity contribution in [3.05, 3.63) is 93.5 Å². The summed E-state index contributed by atoms with van der Waals surface area (Å²) in [5, 5.41) is 5.16. The molecule has 0 saturated carbocycles. The first-order chi connectivity index (χ1) is 15.0. The van der Waals surface area contributed by atoms with E-state index in [4.69, 9.17) is 32.7 Å². The highest BCUT2D eigenvalue weighted by Gasteiger charge is 2.05. The minimum absolute atomic E-state index is 0.293. The lowest BCUT2D eigenvalue weighted by molar-refractivity contribution is 0.0955. The van der Waals surface area contributed by atoms with Gasteiger partial charge >= 0.3 is 0 Å². The summed E-state index contributed by atoms with van der Waals surface area (Å²) in [5.41, 5.74) is 4.69. The van der Waals surface area contributed by atoms with Gasteiger partial charge < -0.3 is 9.47 Å². The number of carbonyl (C=O) groups excluding carboxylic acids is 1. The molecule has 3 aromatic rings. The fourth-order valence-electron chi connectivity index (χ4n) is 2.60. The minimum Gasteiger partial charge on any atom is -0.494 e. The summed E-state index contributed by atoms with van der Waals surface area (Å²) < 4.78 is 11.3. The molecule has 0 atom stereocenters. The van der Waals surface area contributed by atoms with Gasteiger partial charge in [-0.3, -0.25) is 4.79 Å². The number of nitrogens with one attached hydrogen (secondary N) is 1. The van der Waals surface area contributed by atoms with Crippen molar-refractivity contribution in [3.63, 3.8) is 0 Å². The molecule has 0 radical (unpaired) electrons. The maximum atomic E-state index is 12.2. The molecule has 0 saturated heterocycles. The fourth-order valence-corrected chi connectivity index (χ4v) is 3.07. The maximum absolute atomic E-state index is 12.2. The lowest BCUT2D eigenvalue weighted by atomic mass is 10.2. The van der Waals surface area contributed by atoms with Gasteiger partial charge in [0.25, 0.3) is 5.91 Å². The Bertz CT molecular complexity index is 1040. The van der Waals surface area contributed by atoms with Crippen molar-refractivity contribution in [2.24, 2.45) is 5.10 Å². The molecule has 3 rings (SSSR count). The van der Waals surface area contributed by atoms with Crippen molar-refractivity contribution in [1.29, 1.82) is 0 Å². The van der Waals surface area contributed by atoms with Gasteiger partial charge in [0.2, 0.25) is 0 Å². The number of benzene rings is 3. The third kappa shape index (κ3) is 7.02. The van der Waals surface area contributed by atoms with Crippen LogP contribution in [0.2, 0.25) is 10.0 Å². The van der Waals surface area contributed by atoms with Crippen molar-refractivity contribution in [2.75, 3.05) is 6.61 Å². The molecule has 5 nitrogen and oxygen atoms in total. The van der Waals surface area contributed by atoms with Crippen LogP contribution in [0.4, 0.5) is 0 Å². The molecule has 0 spiro atoms. The Balaban J connectivity index is 1.49. The highest BCUT2D eigenvalue weighted by atomic mass is 35.5. The van der Waals surface area contributed by atoms with Crippen LogP contribution in [-0.4, -0.2) is 18.7 Å². The van der Waals surface area contributed by atoms with E-state index in [0.29, 0.717) is 34.6 Å². The number of amides is 1. The normalized spacial score (nSPS) is 10.8. The Morgan fingerprint density at radius 1 is 0.968 bits per heavy atom. The number of carbonyl (C=O) groups is 1. The van der Waals surface area contributed by atoms with Gasteiger partial charge in [0.1, 0.15) is 18.1 Å². The van der Waals surface area contributed by atoms with Gasteiger partial charge in [-0.05, 0) is 72.6 Å². The van der Waals surface area contributed by atoms with Gasteiger partial charge in [-0.1, -0.05) is 36.2 Å². The molecule has 0 aliphatic rings. The van der Waals surface area contributed by atoms with Crippen molar-refractivity contribution in [1.82, 2.24) is 5.43 Å². The van der Waals surface area contributed by atoms with Gasteiger partial charge in [0.05, 0.1) is 12.8 Å². The van der Waals surface area contributed by atoms with Crippen LogP contribution in [0.15, 0.2) is 71.8 Å². The van der Waals surface area contributed by atoms with E-state index in [-0.39, 0.29) is 5.91 Å². The van der Waals surface area contributed by atoms with Crippen molar-refractivity contribution < 1.29 is 14.3 Å². The summed E-state index contributed by atoms with van der Waals surface area (Å²) in [6.07, 6.45) is 2.50. The zero-order chi connectivity index (χ0) is 22.1. The highest BCUT2D eigenvalue weighted by molar-refractivity contribution is 6.35. The molecule has 0 heterocycles. The quantitative estimate of drug-likeness (QED) is 0.311. The molecule has 31 heavy (non-hydrogen) atoms. The van der Waals surface area contributed by atoms with E-state index in [1.807, 2.05) is 37.3 Å². The van der Waals surface area contributed by atoms with Crippen LogP contribution in [0.25, 0.3) is 0 Å². The van der Waals surface area contributed by atoms with Crippen LogP contribution in [-0.2, 0) is 6.61 Å². The van der Waals surface area contributed by atoms with Crippen molar-refractivity contribution in [3.8, 4) is 11.5 Å².